The predicted octanol–water partition coefficient (Wildman–Crippen LogP) is 1.88. The first-order valence-electron chi connectivity index (χ1n) is 5.12. The van der Waals surface area contributed by atoms with E-state index < -0.39 is 6.04 Å². The first-order valence-corrected chi connectivity index (χ1v) is 5.12. The first-order chi connectivity index (χ1) is 6.20. The van der Waals surface area contributed by atoms with Crippen LogP contribution in [0.3, 0.4) is 0 Å². The minimum absolute atomic E-state index is 0. The van der Waals surface area contributed by atoms with Crippen molar-refractivity contribution < 1.29 is 9.53 Å². The van der Waals surface area contributed by atoms with Gasteiger partial charge in [0, 0.05) is 0 Å². The van der Waals surface area contributed by atoms with Crippen molar-refractivity contribution in [2.45, 2.75) is 45.1 Å². The maximum Gasteiger partial charge on any atom is 0.322 e. The van der Waals surface area contributed by atoms with Gasteiger partial charge in [-0.05, 0) is 25.7 Å². The molecule has 0 aromatic heterocycles. The third-order valence-electron chi connectivity index (χ3n) is 2.56. The van der Waals surface area contributed by atoms with Crippen molar-refractivity contribution in [1.82, 2.24) is 0 Å². The van der Waals surface area contributed by atoms with Crippen LogP contribution in [-0.2, 0) is 9.53 Å². The molecule has 0 spiro atoms. The summed E-state index contributed by atoms with van der Waals surface area (Å²) in [6.07, 6.45) is 6.29. The average Bonchev–Trinajstić information content (AvgIpc) is 2.15. The Hall–Kier alpha value is -0.280. The van der Waals surface area contributed by atoms with Crippen molar-refractivity contribution in [3.63, 3.8) is 0 Å². The van der Waals surface area contributed by atoms with Gasteiger partial charge >= 0.3 is 5.97 Å². The number of halogens is 1. The number of hydrogen-bond acceptors (Lipinski definition) is 3. The highest BCUT2D eigenvalue weighted by Gasteiger charge is 2.16. The Morgan fingerprint density at radius 3 is 2.50 bits per heavy atom. The Morgan fingerprint density at radius 2 is 2.00 bits per heavy atom. The summed E-state index contributed by atoms with van der Waals surface area (Å²) in [6, 6.07) is -0.483. The van der Waals surface area contributed by atoms with Crippen molar-refractivity contribution in [3.8, 4) is 0 Å². The molecule has 2 N–H and O–H groups in total. The Morgan fingerprint density at radius 1 is 1.43 bits per heavy atom. The summed E-state index contributed by atoms with van der Waals surface area (Å²) in [5.74, 6) is 0.307. The molecule has 84 valence electrons. The van der Waals surface area contributed by atoms with Crippen molar-refractivity contribution in [1.29, 1.82) is 0 Å². The van der Waals surface area contributed by atoms with Crippen molar-refractivity contribution in [2.75, 3.05) is 6.61 Å². The fraction of sp³-hybridized carbons (Fsp3) is 0.900. The SMILES string of the molecule is CC(N)C(=O)OCC1CCCCC1.Cl. The van der Waals surface area contributed by atoms with Crippen LogP contribution in [0.25, 0.3) is 0 Å². The van der Waals surface area contributed by atoms with Crippen molar-refractivity contribution in [3.05, 3.63) is 0 Å². The van der Waals surface area contributed by atoms with E-state index in [9.17, 15) is 4.79 Å². The highest BCUT2D eigenvalue weighted by Crippen LogP contribution is 2.23. The lowest BCUT2D eigenvalue weighted by atomic mass is 9.90. The first kappa shape index (κ1) is 13.7. The van der Waals surface area contributed by atoms with Crippen LogP contribution in [0.5, 0.6) is 0 Å². The van der Waals surface area contributed by atoms with Gasteiger partial charge in [-0.1, -0.05) is 19.3 Å². The topological polar surface area (TPSA) is 52.3 Å². The monoisotopic (exact) mass is 221 g/mol. The lowest BCUT2D eigenvalue weighted by molar-refractivity contribution is -0.146. The van der Waals surface area contributed by atoms with Gasteiger partial charge in [-0.3, -0.25) is 4.79 Å². The van der Waals surface area contributed by atoms with Crippen LogP contribution in [0, 0.1) is 5.92 Å². The van der Waals surface area contributed by atoms with Crippen LogP contribution in [0.15, 0.2) is 0 Å². The molecule has 14 heavy (non-hydrogen) atoms. The van der Waals surface area contributed by atoms with Gasteiger partial charge in [0.15, 0.2) is 0 Å². The van der Waals surface area contributed by atoms with E-state index >= 15 is 0 Å². The number of carbonyl (C=O) groups is 1. The zero-order valence-electron chi connectivity index (χ0n) is 8.70. The molecule has 0 amide bonds. The van der Waals surface area contributed by atoms with Crippen LogP contribution in [0.4, 0.5) is 0 Å². The second-order valence-electron chi connectivity index (χ2n) is 3.92. The molecule has 0 aromatic rings. The summed E-state index contributed by atoms with van der Waals surface area (Å²) in [6.45, 7) is 2.23. The molecule has 1 aliphatic carbocycles. The van der Waals surface area contributed by atoms with E-state index in [4.69, 9.17) is 10.5 Å². The standard InChI is InChI=1S/C10H19NO2.ClH/c1-8(11)10(12)13-7-9-5-3-2-4-6-9;/h8-9H,2-7,11H2,1H3;1H. The number of ether oxygens (including phenoxy) is 1. The fourth-order valence-electron chi connectivity index (χ4n) is 1.69. The molecule has 1 rings (SSSR count). The molecule has 1 saturated carbocycles. The predicted molar refractivity (Wildman–Crippen MR) is 58.4 cm³/mol. The maximum absolute atomic E-state index is 11.0. The summed E-state index contributed by atoms with van der Waals surface area (Å²) in [5.41, 5.74) is 5.38. The summed E-state index contributed by atoms with van der Waals surface area (Å²) in [7, 11) is 0. The van der Waals surface area contributed by atoms with E-state index in [0.29, 0.717) is 12.5 Å². The molecule has 0 heterocycles. The van der Waals surface area contributed by atoms with Crippen LogP contribution in [-0.4, -0.2) is 18.6 Å². The number of carbonyl (C=O) groups excluding carboxylic acids is 1. The normalized spacial score (nSPS) is 19.6. The average molecular weight is 222 g/mol. The molecular weight excluding hydrogens is 202 g/mol. The quantitative estimate of drug-likeness (QED) is 0.741. The molecule has 0 aromatic carbocycles. The summed E-state index contributed by atoms with van der Waals surface area (Å²) in [5, 5.41) is 0. The molecule has 0 bridgehead atoms. The van der Waals surface area contributed by atoms with Gasteiger partial charge in [0.25, 0.3) is 0 Å². The number of rotatable bonds is 3. The fourth-order valence-corrected chi connectivity index (χ4v) is 1.69. The van der Waals surface area contributed by atoms with Gasteiger partial charge in [-0.2, -0.15) is 0 Å². The molecule has 1 atom stereocenters. The maximum atomic E-state index is 11.0. The zero-order valence-corrected chi connectivity index (χ0v) is 9.52. The van der Waals surface area contributed by atoms with E-state index in [1.165, 1.54) is 32.1 Å². The Balaban J connectivity index is 0.00000169. The number of nitrogens with two attached hydrogens (primary N) is 1. The Bertz CT molecular complexity index is 168. The summed E-state index contributed by atoms with van der Waals surface area (Å²) < 4.78 is 5.08. The molecule has 0 radical (unpaired) electrons. The third kappa shape index (κ3) is 4.82. The molecular formula is C10H20ClNO2. The zero-order chi connectivity index (χ0) is 9.68. The third-order valence-corrected chi connectivity index (χ3v) is 2.56. The van der Waals surface area contributed by atoms with E-state index in [0.717, 1.165) is 0 Å². The van der Waals surface area contributed by atoms with Gasteiger partial charge < -0.3 is 10.5 Å². The number of hydrogen-bond donors (Lipinski definition) is 1. The second-order valence-corrected chi connectivity index (χ2v) is 3.92. The number of esters is 1. The lowest BCUT2D eigenvalue weighted by Gasteiger charge is -2.21. The molecule has 1 fully saturated rings. The van der Waals surface area contributed by atoms with Crippen LogP contribution < -0.4 is 5.73 Å². The molecule has 0 saturated heterocycles. The smallest absolute Gasteiger partial charge is 0.322 e. The van der Waals surface area contributed by atoms with Gasteiger partial charge in [0.1, 0.15) is 6.04 Å². The van der Waals surface area contributed by atoms with E-state index in [-0.39, 0.29) is 18.4 Å². The Labute approximate surface area is 91.8 Å². The second kappa shape index (κ2) is 7.07. The highest BCUT2D eigenvalue weighted by molar-refractivity contribution is 5.85. The van der Waals surface area contributed by atoms with Crippen molar-refractivity contribution >= 4 is 18.4 Å². The van der Waals surface area contributed by atoms with Crippen LogP contribution >= 0.6 is 12.4 Å². The Kier molecular flexibility index (Phi) is 6.93. The van der Waals surface area contributed by atoms with Crippen LogP contribution in [0.1, 0.15) is 39.0 Å². The van der Waals surface area contributed by atoms with Crippen LogP contribution in [0.2, 0.25) is 0 Å². The van der Waals surface area contributed by atoms with Gasteiger partial charge in [-0.25, -0.2) is 0 Å². The van der Waals surface area contributed by atoms with E-state index in [1.54, 1.807) is 6.92 Å². The molecule has 0 aliphatic heterocycles. The summed E-state index contributed by atoms with van der Waals surface area (Å²) >= 11 is 0. The molecule has 3 nitrogen and oxygen atoms in total. The van der Waals surface area contributed by atoms with Gasteiger partial charge in [-0.15, -0.1) is 12.4 Å². The van der Waals surface area contributed by atoms with Gasteiger partial charge in [0.05, 0.1) is 6.61 Å². The minimum atomic E-state index is -0.483. The minimum Gasteiger partial charge on any atom is -0.464 e. The molecule has 1 unspecified atom stereocenters. The molecule has 1 aliphatic rings. The molecule has 4 heteroatoms. The van der Waals surface area contributed by atoms with Gasteiger partial charge in [0.2, 0.25) is 0 Å². The van der Waals surface area contributed by atoms with Crippen molar-refractivity contribution in [2.24, 2.45) is 11.7 Å². The largest absolute Gasteiger partial charge is 0.464 e. The van der Waals surface area contributed by atoms with E-state index in [1.807, 2.05) is 0 Å². The lowest BCUT2D eigenvalue weighted by Crippen LogP contribution is -2.30. The van der Waals surface area contributed by atoms with E-state index in [2.05, 4.69) is 0 Å². The highest BCUT2D eigenvalue weighted by atomic mass is 35.5. The summed E-state index contributed by atoms with van der Waals surface area (Å²) in [4.78, 5) is 11.0.